The van der Waals surface area contributed by atoms with Gasteiger partial charge in [0.2, 0.25) is 0 Å². The van der Waals surface area contributed by atoms with E-state index in [2.05, 4.69) is 42.3 Å². The minimum atomic E-state index is -0.214. The highest BCUT2D eigenvalue weighted by Gasteiger charge is 2.22. The first-order valence-corrected chi connectivity index (χ1v) is 8.25. The maximum atomic E-state index is 12.6. The molecule has 2 amide bonds. The molecule has 126 valence electrons. The van der Waals surface area contributed by atoms with Crippen LogP contribution in [0.4, 0.5) is 4.79 Å². The van der Waals surface area contributed by atoms with Gasteiger partial charge in [0.15, 0.2) is 0 Å². The molecule has 2 heterocycles. The average molecular weight is 325 g/mol. The third-order valence-corrected chi connectivity index (χ3v) is 4.45. The fourth-order valence-electron chi connectivity index (χ4n) is 2.83. The predicted octanol–water partition coefficient (Wildman–Crippen LogP) is 2.83. The number of aromatic nitrogens is 1. The van der Waals surface area contributed by atoms with E-state index in [1.807, 2.05) is 12.1 Å². The first kappa shape index (κ1) is 16.5. The topological polar surface area (TPSA) is 54.5 Å². The minimum absolute atomic E-state index is 0.0645. The maximum Gasteiger partial charge on any atom is 0.318 e. The van der Waals surface area contributed by atoms with Crippen LogP contribution >= 0.6 is 0 Å². The van der Waals surface area contributed by atoms with Crippen LogP contribution in [-0.2, 0) is 4.74 Å². The summed E-state index contributed by atoms with van der Waals surface area (Å²) >= 11 is 0. The van der Waals surface area contributed by atoms with Gasteiger partial charge in [-0.2, -0.15) is 0 Å². The monoisotopic (exact) mass is 325 g/mol. The molecule has 1 N–H and O–H groups in total. The Labute approximate surface area is 142 Å². The van der Waals surface area contributed by atoms with Gasteiger partial charge in [-0.25, -0.2) is 4.79 Å². The molecule has 0 unspecified atom stereocenters. The van der Waals surface area contributed by atoms with E-state index in [0.717, 1.165) is 11.1 Å². The lowest BCUT2D eigenvalue weighted by molar-refractivity contribution is 0.0528. The molecule has 1 aliphatic rings. The Morgan fingerprint density at radius 3 is 2.62 bits per heavy atom. The smallest absolute Gasteiger partial charge is 0.318 e. The number of rotatable bonds is 3. The van der Waals surface area contributed by atoms with Gasteiger partial charge in [-0.3, -0.25) is 4.98 Å². The van der Waals surface area contributed by atoms with Crippen molar-refractivity contribution in [1.82, 2.24) is 15.2 Å². The number of hydrogen-bond donors (Lipinski definition) is 1. The van der Waals surface area contributed by atoms with Crippen molar-refractivity contribution in [3.8, 4) is 0 Å². The number of ether oxygens (including phenoxy) is 1. The second kappa shape index (κ2) is 7.45. The molecule has 0 radical (unpaired) electrons. The SMILES string of the molecule is Cc1ccc([C@@H](NC(=O)N2CCOCC2)c2cccnc2)cc1C. The van der Waals surface area contributed by atoms with Crippen molar-refractivity contribution in [3.63, 3.8) is 0 Å². The zero-order valence-corrected chi connectivity index (χ0v) is 14.2. The largest absolute Gasteiger partial charge is 0.378 e. The molecule has 5 nitrogen and oxygen atoms in total. The number of nitrogens with zero attached hydrogens (tertiary/aromatic N) is 2. The van der Waals surface area contributed by atoms with Crippen LogP contribution < -0.4 is 5.32 Å². The molecule has 1 aromatic carbocycles. The average Bonchev–Trinajstić information content (AvgIpc) is 2.63. The summed E-state index contributed by atoms with van der Waals surface area (Å²) in [4.78, 5) is 18.7. The van der Waals surface area contributed by atoms with Crippen LogP contribution in [0.3, 0.4) is 0 Å². The number of carbonyl (C=O) groups is 1. The molecule has 1 fully saturated rings. The summed E-state index contributed by atoms with van der Waals surface area (Å²) in [5, 5.41) is 3.16. The Morgan fingerprint density at radius 1 is 1.17 bits per heavy atom. The number of pyridine rings is 1. The quantitative estimate of drug-likeness (QED) is 0.944. The zero-order valence-electron chi connectivity index (χ0n) is 14.2. The first-order chi connectivity index (χ1) is 11.6. The van der Waals surface area contributed by atoms with Gasteiger partial charge in [0.25, 0.3) is 0 Å². The number of benzene rings is 1. The lowest BCUT2D eigenvalue weighted by Gasteiger charge is -2.29. The number of urea groups is 1. The highest BCUT2D eigenvalue weighted by Crippen LogP contribution is 2.24. The van der Waals surface area contributed by atoms with E-state index in [4.69, 9.17) is 4.74 Å². The first-order valence-electron chi connectivity index (χ1n) is 8.25. The van der Waals surface area contributed by atoms with Crippen LogP contribution in [0.5, 0.6) is 0 Å². The number of amides is 2. The van der Waals surface area contributed by atoms with E-state index in [0.29, 0.717) is 26.3 Å². The molecule has 5 heteroatoms. The fourth-order valence-corrected chi connectivity index (χ4v) is 2.83. The molecule has 0 bridgehead atoms. The Bertz CT molecular complexity index is 697. The van der Waals surface area contributed by atoms with Crippen molar-refractivity contribution in [2.75, 3.05) is 26.3 Å². The normalized spacial score (nSPS) is 15.8. The van der Waals surface area contributed by atoms with E-state index in [1.165, 1.54) is 11.1 Å². The summed E-state index contributed by atoms with van der Waals surface area (Å²) < 4.78 is 5.32. The molecule has 1 atom stereocenters. The molecule has 0 saturated carbocycles. The van der Waals surface area contributed by atoms with Gasteiger partial charge >= 0.3 is 6.03 Å². The predicted molar refractivity (Wildman–Crippen MR) is 92.9 cm³/mol. The number of aryl methyl sites for hydroxylation is 2. The van der Waals surface area contributed by atoms with E-state index >= 15 is 0 Å². The lowest BCUT2D eigenvalue weighted by atomic mass is 9.96. The maximum absolute atomic E-state index is 12.6. The van der Waals surface area contributed by atoms with Crippen LogP contribution in [0, 0.1) is 13.8 Å². The summed E-state index contributed by atoms with van der Waals surface area (Å²) in [6, 6.07) is 9.90. The van der Waals surface area contributed by atoms with Crippen molar-refractivity contribution in [2.45, 2.75) is 19.9 Å². The van der Waals surface area contributed by atoms with Gasteiger partial charge < -0.3 is 15.0 Å². The van der Waals surface area contributed by atoms with Crippen molar-refractivity contribution in [3.05, 3.63) is 65.0 Å². The van der Waals surface area contributed by atoms with Gasteiger partial charge in [-0.1, -0.05) is 24.3 Å². The van der Waals surface area contributed by atoms with Gasteiger partial charge in [0, 0.05) is 25.5 Å². The number of carbonyl (C=O) groups excluding carboxylic acids is 1. The Balaban J connectivity index is 1.87. The zero-order chi connectivity index (χ0) is 16.9. The van der Waals surface area contributed by atoms with Crippen LogP contribution in [0.2, 0.25) is 0 Å². The minimum Gasteiger partial charge on any atom is -0.378 e. The third-order valence-electron chi connectivity index (χ3n) is 4.45. The molecule has 1 saturated heterocycles. The third kappa shape index (κ3) is 3.74. The summed E-state index contributed by atoms with van der Waals surface area (Å²) in [5.74, 6) is 0. The molecular weight excluding hydrogens is 302 g/mol. The van der Waals surface area contributed by atoms with Crippen molar-refractivity contribution >= 4 is 6.03 Å². The van der Waals surface area contributed by atoms with E-state index in [1.54, 1.807) is 17.3 Å². The van der Waals surface area contributed by atoms with Crippen molar-refractivity contribution < 1.29 is 9.53 Å². The van der Waals surface area contributed by atoms with E-state index in [9.17, 15) is 4.79 Å². The Kier molecular flexibility index (Phi) is 5.11. The van der Waals surface area contributed by atoms with Crippen molar-refractivity contribution in [2.24, 2.45) is 0 Å². The molecule has 1 aromatic heterocycles. The molecule has 0 spiro atoms. The van der Waals surface area contributed by atoms with Crippen molar-refractivity contribution in [1.29, 1.82) is 0 Å². The summed E-state index contributed by atoms with van der Waals surface area (Å²) in [7, 11) is 0. The van der Waals surface area contributed by atoms with Crippen LogP contribution in [-0.4, -0.2) is 42.2 Å². The van der Waals surface area contributed by atoms with Crippen LogP contribution in [0.15, 0.2) is 42.7 Å². The second-order valence-corrected chi connectivity index (χ2v) is 6.11. The fraction of sp³-hybridized carbons (Fsp3) is 0.368. The van der Waals surface area contributed by atoms with Crippen LogP contribution in [0.1, 0.15) is 28.3 Å². The number of morpholine rings is 1. The standard InChI is InChI=1S/C19H23N3O2/c1-14-5-6-16(12-15(14)2)18(17-4-3-7-20-13-17)21-19(23)22-8-10-24-11-9-22/h3-7,12-13,18H,8-11H2,1-2H3,(H,21,23)/t18-/m1/s1. The molecule has 2 aromatic rings. The summed E-state index contributed by atoms with van der Waals surface area (Å²) in [6.07, 6.45) is 3.55. The Hall–Kier alpha value is -2.40. The van der Waals surface area contributed by atoms with Gasteiger partial charge in [-0.05, 0) is 42.2 Å². The summed E-state index contributed by atoms with van der Waals surface area (Å²) in [6.45, 7) is 6.60. The molecular formula is C19H23N3O2. The molecule has 1 aliphatic heterocycles. The number of nitrogens with one attached hydrogen (secondary N) is 1. The van der Waals surface area contributed by atoms with E-state index in [-0.39, 0.29) is 12.1 Å². The summed E-state index contributed by atoms with van der Waals surface area (Å²) in [5.41, 5.74) is 4.49. The van der Waals surface area contributed by atoms with E-state index < -0.39 is 0 Å². The van der Waals surface area contributed by atoms with Gasteiger partial charge in [0.1, 0.15) is 0 Å². The van der Waals surface area contributed by atoms with Gasteiger partial charge in [0.05, 0.1) is 19.3 Å². The highest BCUT2D eigenvalue weighted by atomic mass is 16.5. The second-order valence-electron chi connectivity index (χ2n) is 6.11. The number of hydrogen-bond acceptors (Lipinski definition) is 3. The van der Waals surface area contributed by atoms with Crippen LogP contribution in [0.25, 0.3) is 0 Å². The Morgan fingerprint density at radius 2 is 1.96 bits per heavy atom. The molecule has 0 aliphatic carbocycles. The lowest BCUT2D eigenvalue weighted by Crippen LogP contribution is -2.47. The molecule has 3 rings (SSSR count). The highest BCUT2D eigenvalue weighted by molar-refractivity contribution is 5.75. The molecule has 24 heavy (non-hydrogen) atoms. The van der Waals surface area contributed by atoms with Gasteiger partial charge in [-0.15, -0.1) is 0 Å².